The fourth-order valence-electron chi connectivity index (χ4n) is 1.02. The van der Waals surface area contributed by atoms with Gasteiger partial charge in [0.2, 0.25) is 0 Å². The molecule has 0 heterocycles. The average molecular weight is 216 g/mol. The second kappa shape index (κ2) is 4.54. The van der Waals surface area contributed by atoms with Gasteiger partial charge in [0.05, 0.1) is 19.5 Å². The molecule has 0 spiro atoms. The van der Waals surface area contributed by atoms with Crippen molar-refractivity contribution in [3.63, 3.8) is 0 Å². The molecule has 0 unspecified atom stereocenters. The van der Waals surface area contributed by atoms with E-state index in [1.54, 1.807) is 24.3 Å². The lowest BCUT2D eigenvalue weighted by molar-refractivity contribution is 0.271. The van der Waals surface area contributed by atoms with Crippen molar-refractivity contribution in [1.82, 2.24) is 0 Å². The molecule has 1 N–H and O–H groups in total. The van der Waals surface area contributed by atoms with E-state index in [1.165, 1.54) is 0 Å². The number of rotatable bonds is 4. The van der Waals surface area contributed by atoms with Gasteiger partial charge in [0.25, 0.3) is 10.1 Å². The van der Waals surface area contributed by atoms with Gasteiger partial charge in [0.1, 0.15) is 0 Å². The molecule has 0 bridgehead atoms. The topological polar surface area (TPSA) is 63.6 Å². The van der Waals surface area contributed by atoms with Crippen molar-refractivity contribution in [2.24, 2.45) is 0 Å². The van der Waals surface area contributed by atoms with Gasteiger partial charge in [-0.15, -0.1) is 0 Å². The second-order valence-electron chi connectivity index (χ2n) is 2.89. The van der Waals surface area contributed by atoms with Crippen LogP contribution in [0.5, 0.6) is 0 Å². The van der Waals surface area contributed by atoms with Crippen LogP contribution in [0.4, 0.5) is 0 Å². The SMILES string of the molecule is CS(=O)(=O)OCc1ccccc1CO. The van der Waals surface area contributed by atoms with Crippen LogP contribution in [0, 0.1) is 0 Å². The second-order valence-corrected chi connectivity index (χ2v) is 4.54. The van der Waals surface area contributed by atoms with Crippen LogP contribution >= 0.6 is 0 Å². The van der Waals surface area contributed by atoms with Crippen molar-refractivity contribution >= 4 is 10.1 Å². The van der Waals surface area contributed by atoms with E-state index >= 15 is 0 Å². The van der Waals surface area contributed by atoms with Crippen molar-refractivity contribution < 1.29 is 17.7 Å². The zero-order valence-electron chi connectivity index (χ0n) is 7.80. The molecule has 0 saturated carbocycles. The van der Waals surface area contributed by atoms with Crippen LogP contribution in [0.15, 0.2) is 24.3 Å². The number of hydrogen-bond donors (Lipinski definition) is 1. The van der Waals surface area contributed by atoms with Crippen LogP contribution in [0.25, 0.3) is 0 Å². The van der Waals surface area contributed by atoms with E-state index < -0.39 is 10.1 Å². The Morgan fingerprint density at radius 1 is 1.29 bits per heavy atom. The monoisotopic (exact) mass is 216 g/mol. The quantitative estimate of drug-likeness (QED) is 0.751. The number of benzene rings is 1. The van der Waals surface area contributed by atoms with Crippen molar-refractivity contribution in [1.29, 1.82) is 0 Å². The van der Waals surface area contributed by atoms with Crippen LogP contribution in [0.2, 0.25) is 0 Å². The van der Waals surface area contributed by atoms with E-state index in [1.807, 2.05) is 0 Å². The van der Waals surface area contributed by atoms with E-state index in [4.69, 9.17) is 5.11 Å². The molecule has 0 amide bonds. The third-order valence-corrected chi connectivity index (χ3v) is 2.26. The van der Waals surface area contributed by atoms with Gasteiger partial charge in [-0.2, -0.15) is 8.42 Å². The lowest BCUT2D eigenvalue weighted by atomic mass is 10.1. The maximum atomic E-state index is 10.7. The summed E-state index contributed by atoms with van der Waals surface area (Å²) in [5.41, 5.74) is 1.36. The first-order valence-corrected chi connectivity index (χ1v) is 5.86. The summed E-state index contributed by atoms with van der Waals surface area (Å²) in [5.74, 6) is 0. The predicted octanol–water partition coefficient (Wildman–Crippen LogP) is 0.655. The highest BCUT2D eigenvalue weighted by atomic mass is 32.2. The highest BCUT2D eigenvalue weighted by Crippen LogP contribution is 2.10. The summed E-state index contributed by atoms with van der Waals surface area (Å²) in [6, 6.07) is 6.98. The third kappa shape index (κ3) is 3.45. The Morgan fingerprint density at radius 3 is 2.36 bits per heavy atom. The maximum absolute atomic E-state index is 10.7. The fourth-order valence-corrected chi connectivity index (χ4v) is 1.36. The van der Waals surface area contributed by atoms with E-state index in [0.717, 1.165) is 6.26 Å². The van der Waals surface area contributed by atoms with E-state index in [0.29, 0.717) is 11.1 Å². The van der Waals surface area contributed by atoms with Gasteiger partial charge in [0, 0.05) is 0 Å². The van der Waals surface area contributed by atoms with Gasteiger partial charge >= 0.3 is 0 Å². The summed E-state index contributed by atoms with van der Waals surface area (Å²) in [5, 5.41) is 8.94. The third-order valence-electron chi connectivity index (χ3n) is 1.72. The van der Waals surface area contributed by atoms with Crippen LogP contribution < -0.4 is 0 Å². The molecule has 1 aromatic carbocycles. The zero-order valence-corrected chi connectivity index (χ0v) is 8.62. The highest BCUT2D eigenvalue weighted by Gasteiger charge is 2.05. The summed E-state index contributed by atoms with van der Waals surface area (Å²) >= 11 is 0. The Kier molecular flexibility index (Phi) is 3.62. The normalized spacial score (nSPS) is 11.6. The minimum absolute atomic E-state index is 0.0322. The smallest absolute Gasteiger partial charge is 0.264 e. The molecule has 0 atom stereocenters. The Morgan fingerprint density at radius 2 is 1.86 bits per heavy atom. The molecule has 0 aliphatic rings. The Hall–Kier alpha value is -0.910. The van der Waals surface area contributed by atoms with Gasteiger partial charge in [-0.3, -0.25) is 4.18 Å². The molecule has 0 aliphatic carbocycles. The minimum atomic E-state index is -3.43. The van der Waals surface area contributed by atoms with Crippen LogP contribution in [-0.2, 0) is 27.5 Å². The molecule has 0 saturated heterocycles. The zero-order chi connectivity index (χ0) is 10.6. The standard InChI is InChI=1S/C9H12O4S/c1-14(11,12)13-7-9-5-3-2-4-8(9)6-10/h2-5,10H,6-7H2,1H3. The lowest BCUT2D eigenvalue weighted by Gasteiger charge is -2.06. The molecule has 0 radical (unpaired) electrons. The van der Waals surface area contributed by atoms with Gasteiger partial charge in [-0.05, 0) is 11.1 Å². The van der Waals surface area contributed by atoms with Crippen LogP contribution in [0.1, 0.15) is 11.1 Å². The molecule has 0 aromatic heterocycles. The molecule has 1 rings (SSSR count). The first-order valence-electron chi connectivity index (χ1n) is 4.05. The Labute approximate surface area is 83.3 Å². The number of aliphatic hydroxyl groups excluding tert-OH is 1. The maximum Gasteiger partial charge on any atom is 0.264 e. The van der Waals surface area contributed by atoms with Crippen LogP contribution in [-0.4, -0.2) is 19.8 Å². The van der Waals surface area contributed by atoms with Gasteiger partial charge in [-0.1, -0.05) is 24.3 Å². The first kappa shape index (κ1) is 11.2. The highest BCUT2D eigenvalue weighted by molar-refractivity contribution is 7.85. The van der Waals surface area contributed by atoms with Crippen molar-refractivity contribution in [3.8, 4) is 0 Å². The Bertz CT molecular complexity index is 397. The van der Waals surface area contributed by atoms with Crippen LogP contribution in [0.3, 0.4) is 0 Å². The molecule has 0 fully saturated rings. The predicted molar refractivity (Wildman–Crippen MR) is 52.0 cm³/mol. The van der Waals surface area contributed by atoms with E-state index in [-0.39, 0.29) is 13.2 Å². The molecule has 78 valence electrons. The van der Waals surface area contributed by atoms with Gasteiger partial charge in [-0.25, -0.2) is 0 Å². The van der Waals surface area contributed by atoms with Gasteiger partial charge in [0.15, 0.2) is 0 Å². The summed E-state index contributed by atoms with van der Waals surface area (Å²) in [6.07, 6.45) is 0.995. The summed E-state index contributed by atoms with van der Waals surface area (Å²) in [4.78, 5) is 0. The molecule has 5 heteroatoms. The molecule has 0 aliphatic heterocycles. The molecular formula is C9H12O4S. The fraction of sp³-hybridized carbons (Fsp3) is 0.333. The first-order chi connectivity index (χ1) is 6.53. The van der Waals surface area contributed by atoms with Crippen molar-refractivity contribution in [2.75, 3.05) is 6.26 Å². The van der Waals surface area contributed by atoms with E-state index in [9.17, 15) is 8.42 Å². The van der Waals surface area contributed by atoms with Crippen molar-refractivity contribution in [2.45, 2.75) is 13.2 Å². The molecular weight excluding hydrogens is 204 g/mol. The van der Waals surface area contributed by atoms with Gasteiger partial charge < -0.3 is 5.11 Å². The molecule has 1 aromatic rings. The summed E-state index contributed by atoms with van der Waals surface area (Å²) in [7, 11) is -3.43. The van der Waals surface area contributed by atoms with E-state index in [2.05, 4.69) is 4.18 Å². The lowest BCUT2D eigenvalue weighted by Crippen LogP contribution is -2.04. The molecule has 4 nitrogen and oxygen atoms in total. The Balaban J connectivity index is 2.76. The summed E-state index contributed by atoms with van der Waals surface area (Å²) < 4.78 is 26.1. The molecule has 14 heavy (non-hydrogen) atoms. The average Bonchev–Trinajstić information content (AvgIpc) is 2.14. The minimum Gasteiger partial charge on any atom is -0.392 e. The number of aliphatic hydroxyl groups is 1. The largest absolute Gasteiger partial charge is 0.392 e. The van der Waals surface area contributed by atoms with Crippen molar-refractivity contribution in [3.05, 3.63) is 35.4 Å². The summed E-state index contributed by atoms with van der Waals surface area (Å²) in [6.45, 7) is -0.154. The number of hydrogen-bond acceptors (Lipinski definition) is 4.